The fourth-order valence-corrected chi connectivity index (χ4v) is 2.51. The Morgan fingerprint density at radius 3 is 2.45 bits per heavy atom. The van der Waals surface area contributed by atoms with E-state index in [0.29, 0.717) is 17.1 Å². The number of carbonyl (C=O) groups is 1. The molecule has 0 saturated carbocycles. The number of ketones is 1. The molecule has 1 aromatic carbocycles. The first-order valence-corrected chi connectivity index (χ1v) is 7.56. The van der Waals surface area contributed by atoms with Gasteiger partial charge in [0.05, 0.1) is 26.0 Å². The number of nitrogens with one attached hydrogen (secondary N) is 2. The molecule has 1 aromatic rings. The van der Waals surface area contributed by atoms with E-state index in [-0.39, 0.29) is 22.7 Å². The Morgan fingerprint density at radius 2 is 1.95 bits per heavy atom. The van der Waals surface area contributed by atoms with Gasteiger partial charge in [-0.1, -0.05) is 17.0 Å². The van der Waals surface area contributed by atoms with Crippen LogP contribution in [0.1, 0.15) is 24.2 Å². The van der Waals surface area contributed by atoms with E-state index in [1.165, 1.54) is 19.2 Å². The molecule has 0 aliphatic carbocycles. The second-order valence-corrected chi connectivity index (χ2v) is 5.59. The maximum absolute atomic E-state index is 12.2. The van der Waals surface area contributed by atoms with Crippen molar-refractivity contribution >= 4 is 22.7 Å². The summed E-state index contributed by atoms with van der Waals surface area (Å²) in [5, 5.41) is 12.4. The van der Waals surface area contributed by atoms with Gasteiger partial charge < -0.3 is 9.47 Å². The maximum atomic E-state index is 12.2. The lowest BCUT2D eigenvalue weighted by Crippen LogP contribution is -2.29. The third-order valence-corrected chi connectivity index (χ3v) is 3.72. The zero-order valence-electron chi connectivity index (χ0n) is 13.0. The van der Waals surface area contributed by atoms with Gasteiger partial charge in [0.1, 0.15) is 0 Å². The van der Waals surface area contributed by atoms with Crippen LogP contribution < -0.4 is 9.47 Å². The smallest absolute Gasteiger partial charge is 0.179 e. The van der Waals surface area contributed by atoms with Crippen LogP contribution in [0.25, 0.3) is 0 Å². The van der Waals surface area contributed by atoms with Crippen molar-refractivity contribution in [3.8, 4) is 11.5 Å². The minimum atomic E-state index is -0.135. The molecule has 0 spiro atoms. The van der Waals surface area contributed by atoms with Gasteiger partial charge in [0.25, 0.3) is 0 Å². The molecule has 1 rings (SSSR count). The molecular weight excluding hydrogens is 304 g/mol. The molecule has 0 radical (unpaired) electrons. The molecule has 7 nitrogen and oxygen atoms in total. The van der Waals surface area contributed by atoms with Crippen LogP contribution in [-0.4, -0.2) is 42.0 Å². The topological polar surface area (TPSA) is 98.8 Å². The highest BCUT2D eigenvalue weighted by molar-refractivity contribution is 8.14. The number of carbonyl (C=O) groups excluding carboxylic acids is 1. The Labute approximate surface area is 134 Å². The molecule has 0 bridgehead atoms. The van der Waals surface area contributed by atoms with Gasteiger partial charge >= 0.3 is 0 Å². The first-order chi connectivity index (χ1) is 10.4. The number of thioether (sulfide) groups is 1. The van der Waals surface area contributed by atoms with E-state index in [2.05, 4.69) is 5.22 Å². The summed E-state index contributed by atoms with van der Waals surface area (Å²) in [6.45, 7) is 3.65. The van der Waals surface area contributed by atoms with Crippen molar-refractivity contribution in [1.82, 2.24) is 5.01 Å². The number of hydrogen-bond donors (Lipinski definition) is 2. The minimum absolute atomic E-state index is 0.0684. The summed E-state index contributed by atoms with van der Waals surface area (Å²) in [6, 6.07) is 4.83. The Balaban J connectivity index is 2.73. The summed E-state index contributed by atoms with van der Waals surface area (Å²) in [5.41, 5.74) is 7.53. The molecule has 0 fully saturated rings. The van der Waals surface area contributed by atoms with Crippen LogP contribution in [0.2, 0.25) is 0 Å². The number of methoxy groups -OCH3 is 2. The van der Waals surface area contributed by atoms with E-state index in [0.717, 1.165) is 11.8 Å². The molecule has 22 heavy (non-hydrogen) atoms. The highest BCUT2D eigenvalue weighted by Crippen LogP contribution is 2.28. The predicted molar refractivity (Wildman–Crippen MR) is 86.2 cm³/mol. The van der Waals surface area contributed by atoms with Crippen molar-refractivity contribution in [3.63, 3.8) is 0 Å². The minimum Gasteiger partial charge on any atom is -0.493 e. The lowest BCUT2D eigenvalue weighted by atomic mass is 10.1. The number of Topliss-reactive ketones (excluding diaryl/α,β-unsaturated/α-hetero) is 1. The monoisotopic (exact) mass is 324 g/mol. The van der Waals surface area contributed by atoms with Crippen molar-refractivity contribution in [2.45, 2.75) is 19.9 Å². The summed E-state index contributed by atoms with van der Waals surface area (Å²) in [7, 11) is 3.04. The lowest BCUT2D eigenvalue weighted by molar-refractivity contribution is 0.102. The van der Waals surface area contributed by atoms with E-state index >= 15 is 0 Å². The quantitative estimate of drug-likeness (QED) is 0.264. The van der Waals surface area contributed by atoms with Gasteiger partial charge in [-0.15, -0.1) is 0 Å². The van der Waals surface area contributed by atoms with Crippen LogP contribution in [0.4, 0.5) is 0 Å². The summed E-state index contributed by atoms with van der Waals surface area (Å²) in [5.74, 6) is 0.994. The molecule has 2 N–H and O–H groups in total. The molecule has 0 amide bonds. The SMILES string of the molecule is COc1ccc(C(=O)CSC(=N)N(N=N)C(C)C)cc1OC. The summed E-state index contributed by atoms with van der Waals surface area (Å²) >= 11 is 1.04. The first kappa shape index (κ1) is 18.0. The number of rotatable bonds is 7. The van der Waals surface area contributed by atoms with Gasteiger partial charge in [-0.3, -0.25) is 10.2 Å². The van der Waals surface area contributed by atoms with Gasteiger partial charge in [-0.05, 0) is 32.0 Å². The van der Waals surface area contributed by atoms with Gasteiger partial charge in [0.15, 0.2) is 22.4 Å². The molecule has 0 aliphatic heterocycles. The number of amidine groups is 1. The second kappa shape index (κ2) is 8.38. The third-order valence-electron chi connectivity index (χ3n) is 2.85. The van der Waals surface area contributed by atoms with Crippen LogP contribution in [0.5, 0.6) is 11.5 Å². The largest absolute Gasteiger partial charge is 0.493 e. The van der Waals surface area contributed by atoms with Crippen molar-refractivity contribution in [1.29, 1.82) is 10.9 Å². The summed E-state index contributed by atoms with van der Waals surface area (Å²) in [4.78, 5) is 12.2. The summed E-state index contributed by atoms with van der Waals surface area (Å²) in [6.07, 6.45) is 0. The highest BCUT2D eigenvalue weighted by atomic mass is 32.2. The molecule has 0 saturated heterocycles. The second-order valence-electron chi connectivity index (χ2n) is 4.63. The zero-order chi connectivity index (χ0) is 16.7. The van der Waals surface area contributed by atoms with E-state index in [1.54, 1.807) is 18.2 Å². The number of ether oxygens (including phenoxy) is 2. The number of benzene rings is 1. The highest BCUT2D eigenvalue weighted by Gasteiger charge is 2.16. The molecule has 8 heteroatoms. The van der Waals surface area contributed by atoms with E-state index in [4.69, 9.17) is 20.4 Å². The van der Waals surface area contributed by atoms with Crippen molar-refractivity contribution in [2.75, 3.05) is 20.0 Å². The number of nitrogens with zero attached hydrogens (tertiary/aromatic N) is 2. The third kappa shape index (κ3) is 4.45. The molecule has 0 aromatic heterocycles. The van der Waals surface area contributed by atoms with Crippen molar-refractivity contribution in [2.24, 2.45) is 5.22 Å². The van der Waals surface area contributed by atoms with Gasteiger partial charge in [-0.2, -0.15) is 5.53 Å². The maximum Gasteiger partial charge on any atom is 0.179 e. The molecule has 120 valence electrons. The Kier molecular flexibility index (Phi) is 6.84. The first-order valence-electron chi connectivity index (χ1n) is 6.57. The molecule has 0 aliphatic rings. The van der Waals surface area contributed by atoms with Gasteiger partial charge in [-0.25, -0.2) is 5.01 Å². The van der Waals surface area contributed by atoms with Crippen LogP contribution in [0.15, 0.2) is 23.4 Å². The molecular formula is C14H20N4O3S. The average molecular weight is 324 g/mol. The van der Waals surface area contributed by atoms with Crippen molar-refractivity contribution < 1.29 is 14.3 Å². The van der Waals surface area contributed by atoms with Crippen LogP contribution in [0, 0.1) is 10.9 Å². The Morgan fingerprint density at radius 1 is 1.32 bits per heavy atom. The molecule has 0 heterocycles. The van der Waals surface area contributed by atoms with Crippen LogP contribution >= 0.6 is 11.8 Å². The predicted octanol–water partition coefficient (Wildman–Crippen LogP) is 3.21. The van der Waals surface area contributed by atoms with Crippen LogP contribution in [-0.2, 0) is 0 Å². The van der Waals surface area contributed by atoms with Crippen LogP contribution in [0.3, 0.4) is 0 Å². The van der Waals surface area contributed by atoms with Crippen molar-refractivity contribution in [3.05, 3.63) is 23.8 Å². The van der Waals surface area contributed by atoms with E-state index in [9.17, 15) is 4.79 Å². The standard InChI is InChI=1S/C14H20N4O3S/c1-9(2)18(17-16)14(15)22-8-11(19)10-5-6-12(20-3)13(7-10)21-4/h5-7,9,15-16H,8H2,1-4H3. The zero-order valence-corrected chi connectivity index (χ0v) is 13.9. The Hall–Kier alpha value is -2.09. The molecule has 0 atom stereocenters. The Bertz CT molecular complexity index is 563. The van der Waals surface area contributed by atoms with Gasteiger partial charge in [0.2, 0.25) is 0 Å². The number of hydrogen-bond acceptors (Lipinski definition) is 7. The fraction of sp³-hybridized carbons (Fsp3) is 0.429. The van der Waals surface area contributed by atoms with E-state index in [1.807, 2.05) is 13.8 Å². The fourth-order valence-electron chi connectivity index (χ4n) is 1.69. The lowest BCUT2D eigenvalue weighted by Gasteiger charge is -2.20. The van der Waals surface area contributed by atoms with Gasteiger partial charge in [0, 0.05) is 5.56 Å². The summed E-state index contributed by atoms with van der Waals surface area (Å²) < 4.78 is 10.3. The normalized spacial score (nSPS) is 10.2. The molecule has 0 unspecified atom stereocenters. The average Bonchev–Trinajstić information content (AvgIpc) is 2.52. The van der Waals surface area contributed by atoms with E-state index < -0.39 is 0 Å².